The van der Waals surface area contributed by atoms with Gasteiger partial charge in [-0.25, -0.2) is 23.4 Å². The van der Waals surface area contributed by atoms with Gasteiger partial charge in [0.2, 0.25) is 0 Å². The SMILES string of the molecule is Cc1[nH]c2ncnc(NC(=O)c3ccc(S(C)(=O)=O)nc3)c2c1C. The number of amides is 1. The molecule has 0 aromatic carbocycles. The lowest BCUT2D eigenvalue weighted by molar-refractivity contribution is 0.102. The van der Waals surface area contributed by atoms with E-state index in [2.05, 4.69) is 25.3 Å². The number of carbonyl (C=O) groups is 1. The molecule has 3 aromatic rings. The molecule has 0 aliphatic rings. The van der Waals surface area contributed by atoms with E-state index in [0.717, 1.165) is 22.9 Å². The molecule has 3 aromatic heterocycles. The molecule has 24 heavy (non-hydrogen) atoms. The molecule has 8 nitrogen and oxygen atoms in total. The molecule has 0 spiro atoms. The summed E-state index contributed by atoms with van der Waals surface area (Å²) in [6.07, 6.45) is 3.64. The number of carbonyl (C=O) groups excluding carboxylic acids is 1. The lowest BCUT2D eigenvalue weighted by Gasteiger charge is -2.06. The smallest absolute Gasteiger partial charge is 0.258 e. The zero-order chi connectivity index (χ0) is 17.5. The quantitative estimate of drug-likeness (QED) is 0.745. The molecule has 9 heteroatoms. The molecule has 0 saturated carbocycles. The standard InChI is InChI=1S/C15H15N5O3S/c1-8-9(2)19-13-12(8)14(18-7-17-13)20-15(21)10-4-5-11(16-6-10)24(3,22)23/h4-7H,1-3H3,(H2,17,18,19,20,21). The van der Waals surface area contributed by atoms with E-state index in [-0.39, 0.29) is 10.6 Å². The molecule has 0 unspecified atom stereocenters. The first-order valence-electron chi connectivity index (χ1n) is 7.04. The van der Waals surface area contributed by atoms with Crippen LogP contribution in [-0.4, -0.2) is 40.5 Å². The Balaban J connectivity index is 1.93. The Morgan fingerprint density at radius 3 is 2.54 bits per heavy atom. The Labute approximate surface area is 138 Å². The zero-order valence-corrected chi connectivity index (χ0v) is 14.1. The molecule has 0 saturated heterocycles. The monoisotopic (exact) mass is 345 g/mol. The van der Waals surface area contributed by atoms with Crippen LogP contribution in [0.2, 0.25) is 0 Å². The Morgan fingerprint density at radius 2 is 1.92 bits per heavy atom. The van der Waals surface area contributed by atoms with Crippen molar-refractivity contribution in [3.05, 3.63) is 41.5 Å². The van der Waals surface area contributed by atoms with Crippen molar-refractivity contribution in [1.29, 1.82) is 0 Å². The van der Waals surface area contributed by atoms with Crippen LogP contribution in [-0.2, 0) is 9.84 Å². The molecule has 0 aliphatic heterocycles. The van der Waals surface area contributed by atoms with Gasteiger partial charge in [-0.15, -0.1) is 0 Å². The number of nitrogens with zero attached hydrogens (tertiary/aromatic N) is 3. The first-order valence-corrected chi connectivity index (χ1v) is 8.94. The lowest BCUT2D eigenvalue weighted by Crippen LogP contribution is -2.14. The number of hydrogen-bond donors (Lipinski definition) is 2. The van der Waals surface area contributed by atoms with E-state index in [1.54, 1.807) is 0 Å². The minimum absolute atomic E-state index is 0.0828. The zero-order valence-electron chi connectivity index (χ0n) is 13.3. The highest BCUT2D eigenvalue weighted by molar-refractivity contribution is 7.90. The van der Waals surface area contributed by atoms with Crippen molar-refractivity contribution < 1.29 is 13.2 Å². The average Bonchev–Trinajstić information content (AvgIpc) is 2.82. The summed E-state index contributed by atoms with van der Waals surface area (Å²) in [6.45, 7) is 3.83. The third kappa shape index (κ3) is 2.85. The molecule has 2 N–H and O–H groups in total. The summed E-state index contributed by atoms with van der Waals surface area (Å²) in [5, 5.41) is 3.37. The van der Waals surface area contributed by atoms with Crippen LogP contribution < -0.4 is 5.32 Å². The minimum Gasteiger partial charge on any atom is -0.343 e. The van der Waals surface area contributed by atoms with Crippen LogP contribution in [0.3, 0.4) is 0 Å². The van der Waals surface area contributed by atoms with Gasteiger partial charge in [-0.1, -0.05) is 0 Å². The third-order valence-electron chi connectivity index (χ3n) is 3.70. The largest absolute Gasteiger partial charge is 0.343 e. The van der Waals surface area contributed by atoms with Gasteiger partial charge in [0.05, 0.1) is 10.9 Å². The molecule has 0 bridgehead atoms. The fraction of sp³-hybridized carbons (Fsp3) is 0.200. The van der Waals surface area contributed by atoms with E-state index in [1.807, 2.05) is 13.8 Å². The van der Waals surface area contributed by atoms with Gasteiger partial charge < -0.3 is 10.3 Å². The Bertz CT molecular complexity index is 1040. The Kier molecular flexibility index (Phi) is 3.80. The molecule has 0 radical (unpaired) electrons. The number of H-pyrrole nitrogens is 1. The summed E-state index contributed by atoms with van der Waals surface area (Å²) in [5.74, 6) is -0.0418. The van der Waals surface area contributed by atoms with Crippen molar-refractivity contribution in [1.82, 2.24) is 19.9 Å². The molecular weight excluding hydrogens is 330 g/mol. The van der Waals surface area contributed by atoms with Crippen LogP contribution >= 0.6 is 0 Å². The van der Waals surface area contributed by atoms with Gasteiger partial charge in [-0.2, -0.15) is 0 Å². The van der Waals surface area contributed by atoms with Crippen molar-refractivity contribution in [2.75, 3.05) is 11.6 Å². The van der Waals surface area contributed by atoms with E-state index in [1.165, 1.54) is 24.7 Å². The fourth-order valence-corrected chi connectivity index (χ4v) is 2.86. The van der Waals surface area contributed by atoms with Gasteiger partial charge in [0.1, 0.15) is 17.8 Å². The number of rotatable bonds is 3. The fourth-order valence-electron chi connectivity index (χ4n) is 2.30. The van der Waals surface area contributed by atoms with Crippen LogP contribution in [0.4, 0.5) is 5.82 Å². The summed E-state index contributed by atoms with van der Waals surface area (Å²) in [5.41, 5.74) is 2.77. The molecule has 124 valence electrons. The highest BCUT2D eigenvalue weighted by Gasteiger charge is 2.16. The molecule has 0 fully saturated rings. The first-order chi connectivity index (χ1) is 11.3. The summed E-state index contributed by atoms with van der Waals surface area (Å²) in [4.78, 5) is 27.6. The van der Waals surface area contributed by atoms with Gasteiger partial charge in [-0.3, -0.25) is 4.79 Å². The van der Waals surface area contributed by atoms with E-state index in [4.69, 9.17) is 0 Å². The third-order valence-corrected chi connectivity index (χ3v) is 4.70. The number of hydrogen-bond acceptors (Lipinski definition) is 6. The summed E-state index contributed by atoms with van der Waals surface area (Å²) < 4.78 is 22.8. The van der Waals surface area contributed by atoms with Gasteiger partial charge in [-0.05, 0) is 31.5 Å². The number of sulfone groups is 1. The molecule has 0 atom stereocenters. The second-order valence-corrected chi connectivity index (χ2v) is 7.39. The van der Waals surface area contributed by atoms with Gasteiger partial charge in [0.25, 0.3) is 5.91 Å². The van der Waals surface area contributed by atoms with Crippen LogP contribution in [0.15, 0.2) is 29.7 Å². The normalized spacial score (nSPS) is 11.6. The van der Waals surface area contributed by atoms with Crippen LogP contribution in [0, 0.1) is 13.8 Å². The summed E-state index contributed by atoms with van der Waals surface area (Å²) >= 11 is 0. The van der Waals surface area contributed by atoms with Crippen molar-refractivity contribution in [3.8, 4) is 0 Å². The number of nitrogens with one attached hydrogen (secondary N) is 2. The van der Waals surface area contributed by atoms with Crippen molar-refractivity contribution in [3.63, 3.8) is 0 Å². The average molecular weight is 345 g/mol. The van der Waals surface area contributed by atoms with Crippen molar-refractivity contribution in [2.45, 2.75) is 18.9 Å². The number of aromatic amines is 1. The van der Waals surface area contributed by atoms with Crippen molar-refractivity contribution >= 4 is 32.6 Å². The topological polar surface area (TPSA) is 118 Å². The van der Waals surface area contributed by atoms with Crippen LogP contribution in [0.1, 0.15) is 21.6 Å². The number of fused-ring (bicyclic) bond motifs is 1. The summed E-state index contributed by atoms with van der Waals surface area (Å²) in [7, 11) is -3.40. The number of anilines is 1. The van der Waals surface area contributed by atoms with Crippen LogP contribution in [0.25, 0.3) is 11.0 Å². The highest BCUT2D eigenvalue weighted by atomic mass is 32.2. The highest BCUT2D eigenvalue weighted by Crippen LogP contribution is 2.25. The van der Waals surface area contributed by atoms with E-state index < -0.39 is 15.7 Å². The van der Waals surface area contributed by atoms with Gasteiger partial charge in [0, 0.05) is 18.1 Å². The number of pyridine rings is 1. The Hall–Kier alpha value is -2.81. The number of aryl methyl sites for hydroxylation is 2. The maximum atomic E-state index is 12.4. The van der Waals surface area contributed by atoms with Gasteiger partial charge in [0.15, 0.2) is 14.9 Å². The van der Waals surface area contributed by atoms with Crippen LogP contribution in [0.5, 0.6) is 0 Å². The molecule has 3 rings (SSSR count). The minimum atomic E-state index is -3.40. The maximum absolute atomic E-state index is 12.4. The van der Waals surface area contributed by atoms with E-state index >= 15 is 0 Å². The Morgan fingerprint density at radius 1 is 1.17 bits per heavy atom. The first kappa shape index (κ1) is 16.1. The second kappa shape index (κ2) is 5.68. The van der Waals surface area contributed by atoms with E-state index in [9.17, 15) is 13.2 Å². The summed E-state index contributed by atoms with van der Waals surface area (Å²) in [6, 6.07) is 2.71. The lowest BCUT2D eigenvalue weighted by atomic mass is 10.2. The predicted molar refractivity (Wildman–Crippen MR) is 88.7 cm³/mol. The molecule has 3 heterocycles. The van der Waals surface area contributed by atoms with Gasteiger partial charge >= 0.3 is 0 Å². The maximum Gasteiger partial charge on any atom is 0.258 e. The van der Waals surface area contributed by atoms with Crippen molar-refractivity contribution in [2.24, 2.45) is 0 Å². The predicted octanol–water partition coefficient (Wildman–Crippen LogP) is 1.63. The number of aromatic nitrogens is 4. The van der Waals surface area contributed by atoms with E-state index in [0.29, 0.717) is 11.5 Å². The molecular formula is C15H15N5O3S. The molecule has 1 amide bonds. The molecule has 0 aliphatic carbocycles. The second-order valence-electron chi connectivity index (χ2n) is 5.43.